The molecule has 0 radical (unpaired) electrons. The third-order valence-electron chi connectivity index (χ3n) is 3.73. The summed E-state index contributed by atoms with van der Waals surface area (Å²) >= 11 is 1.52. The lowest BCUT2D eigenvalue weighted by Gasteiger charge is -2.29. The van der Waals surface area contributed by atoms with Crippen LogP contribution in [0, 0.1) is 5.92 Å². The normalized spacial score (nSPS) is 26.3. The Kier molecular flexibility index (Phi) is 4.65. The maximum absolute atomic E-state index is 12.4. The number of carboxylic acid groups (broad SMARTS) is 1. The van der Waals surface area contributed by atoms with Crippen LogP contribution < -0.4 is 5.32 Å². The molecule has 21 heavy (non-hydrogen) atoms. The molecule has 2 rings (SSSR count). The molecule has 2 fully saturated rings. The van der Waals surface area contributed by atoms with Crippen molar-refractivity contribution in [3.8, 4) is 0 Å². The average molecular weight is 315 g/mol. The fourth-order valence-electron chi connectivity index (χ4n) is 2.43. The summed E-state index contributed by atoms with van der Waals surface area (Å²) in [7, 11) is 3.23. The number of thioether (sulfide) groups is 1. The summed E-state index contributed by atoms with van der Waals surface area (Å²) in [5.74, 6) is -0.428. The van der Waals surface area contributed by atoms with Gasteiger partial charge in [-0.25, -0.2) is 9.59 Å². The topological polar surface area (TPSA) is 90.0 Å². The van der Waals surface area contributed by atoms with E-state index in [2.05, 4.69) is 5.32 Å². The van der Waals surface area contributed by atoms with E-state index in [9.17, 15) is 19.5 Å². The second-order valence-electron chi connectivity index (χ2n) is 5.73. The Morgan fingerprint density at radius 3 is 2.43 bits per heavy atom. The van der Waals surface area contributed by atoms with E-state index >= 15 is 0 Å². The number of amides is 3. The fourth-order valence-corrected chi connectivity index (χ4v) is 4.06. The van der Waals surface area contributed by atoms with Crippen molar-refractivity contribution in [2.24, 2.45) is 5.92 Å². The van der Waals surface area contributed by atoms with Gasteiger partial charge in [-0.05, 0) is 25.7 Å². The van der Waals surface area contributed by atoms with Gasteiger partial charge in [0.15, 0.2) is 0 Å². The SMILES string of the molecule is CC(NC(=O)N1C(C(=O)O)CSC1C1CC1)C(=O)N(C)C. The summed E-state index contributed by atoms with van der Waals surface area (Å²) in [6.07, 6.45) is 2.06. The number of likely N-dealkylation sites (N-methyl/N-ethyl adjacent to an activating group) is 1. The first-order chi connectivity index (χ1) is 9.82. The smallest absolute Gasteiger partial charge is 0.327 e. The molecule has 0 aromatic carbocycles. The van der Waals surface area contributed by atoms with Crippen molar-refractivity contribution in [3.05, 3.63) is 0 Å². The van der Waals surface area contributed by atoms with Gasteiger partial charge >= 0.3 is 12.0 Å². The minimum absolute atomic E-state index is 0.0900. The van der Waals surface area contributed by atoms with Gasteiger partial charge in [-0.1, -0.05) is 0 Å². The Morgan fingerprint density at radius 1 is 1.33 bits per heavy atom. The Hall–Kier alpha value is -1.44. The van der Waals surface area contributed by atoms with E-state index in [0.29, 0.717) is 11.7 Å². The number of hydrogen-bond donors (Lipinski definition) is 2. The number of carbonyl (C=O) groups is 3. The molecule has 1 saturated heterocycles. The minimum Gasteiger partial charge on any atom is -0.480 e. The predicted molar refractivity (Wildman–Crippen MR) is 78.9 cm³/mol. The van der Waals surface area contributed by atoms with Gasteiger partial charge in [0.25, 0.3) is 0 Å². The molecule has 1 aliphatic heterocycles. The molecule has 0 spiro atoms. The largest absolute Gasteiger partial charge is 0.480 e. The summed E-state index contributed by atoms with van der Waals surface area (Å²) in [4.78, 5) is 38.3. The van der Waals surface area contributed by atoms with Crippen LogP contribution in [-0.2, 0) is 9.59 Å². The van der Waals surface area contributed by atoms with Gasteiger partial charge in [0.05, 0.1) is 5.37 Å². The third-order valence-corrected chi connectivity index (χ3v) is 5.19. The predicted octanol–water partition coefficient (Wildman–Crippen LogP) is 0.411. The molecule has 2 aliphatic rings. The number of aliphatic carboxylic acids is 1. The zero-order valence-electron chi connectivity index (χ0n) is 12.4. The highest BCUT2D eigenvalue weighted by Gasteiger charge is 2.48. The molecule has 8 heteroatoms. The molecule has 1 aliphatic carbocycles. The van der Waals surface area contributed by atoms with Gasteiger partial charge in [-0.15, -0.1) is 11.8 Å². The number of rotatable bonds is 4. The fraction of sp³-hybridized carbons (Fsp3) is 0.769. The Balaban J connectivity index is 2.06. The second kappa shape index (κ2) is 6.13. The van der Waals surface area contributed by atoms with Crippen molar-refractivity contribution in [3.63, 3.8) is 0 Å². The van der Waals surface area contributed by atoms with Crippen LogP contribution in [0.4, 0.5) is 4.79 Å². The molecule has 0 bridgehead atoms. The highest BCUT2D eigenvalue weighted by molar-refractivity contribution is 8.00. The first-order valence-corrected chi connectivity index (χ1v) is 8.02. The van der Waals surface area contributed by atoms with Gasteiger partial charge in [0, 0.05) is 19.8 Å². The highest BCUT2D eigenvalue weighted by Crippen LogP contribution is 2.45. The van der Waals surface area contributed by atoms with Crippen LogP contribution in [0.2, 0.25) is 0 Å². The molecule has 0 aromatic rings. The lowest BCUT2D eigenvalue weighted by Crippen LogP contribution is -2.55. The van der Waals surface area contributed by atoms with E-state index in [0.717, 1.165) is 12.8 Å². The van der Waals surface area contributed by atoms with Crippen LogP contribution >= 0.6 is 11.8 Å². The number of carbonyl (C=O) groups excluding carboxylic acids is 2. The van der Waals surface area contributed by atoms with Crippen LogP contribution in [-0.4, -0.2) is 70.1 Å². The molecular weight excluding hydrogens is 294 g/mol. The molecule has 3 amide bonds. The zero-order chi connectivity index (χ0) is 15.7. The van der Waals surface area contributed by atoms with E-state index in [1.807, 2.05) is 0 Å². The van der Waals surface area contributed by atoms with Crippen LogP contribution in [0.25, 0.3) is 0 Å². The lowest BCUT2D eigenvalue weighted by atomic mass is 10.2. The van der Waals surface area contributed by atoms with E-state index < -0.39 is 24.1 Å². The molecule has 2 N–H and O–H groups in total. The molecule has 1 heterocycles. The van der Waals surface area contributed by atoms with Gasteiger partial charge in [0.2, 0.25) is 5.91 Å². The van der Waals surface area contributed by atoms with Crippen molar-refractivity contribution >= 4 is 29.7 Å². The summed E-state index contributed by atoms with van der Waals surface area (Å²) in [6.45, 7) is 1.60. The number of urea groups is 1. The van der Waals surface area contributed by atoms with Crippen molar-refractivity contribution in [1.29, 1.82) is 0 Å². The van der Waals surface area contributed by atoms with Crippen LogP contribution in [0.3, 0.4) is 0 Å². The van der Waals surface area contributed by atoms with Crippen LogP contribution in [0.1, 0.15) is 19.8 Å². The molecule has 3 unspecified atom stereocenters. The molecule has 1 saturated carbocycles. The van der Waals surface area contributed by atoms with E-state index in [-0.39, 0.29) is 11.3 Å². The van der Waals surface area contributed by atoms with Gasteiger partial charge in [-0.2, -0.15) is 0 Å². The Labute approximate surface area is 128 Å². The third kappa shape index (κ3) is 3.42. The summed E-state index contributed by atoms with van der Waals surface area (Å²) in [6, 6.07) is -1.96. The lowest BCUT2D eigenvalue weighted by molar-refractivity contribution is -0.141. The standard InChI is InChI=1S/C13H21N3O4S/c1-7(10(17)15(2)3)14-13(20)16-9(12(18)19)6-21-11(16)8-4-5-8/h7-9,11H,4-6H2,1-3H3,(H,14,20)(H,18,19). The van der Waals surface area contributed by atoms with E-state index in [1.165, 1.54) is 21.6 Å². The number of hydrogen-bond acceptors (Lipinski definition) is 4. The average Bonchev–Trinajstić information content (AvgIpc) is 3.15. The monoisotopic (exact) mass is 315 g/mol. The van der Waals surface area contributed by atoms with Crippen LogP contribution in [0.15, 0.2) is 0 Å². The number of nitrogens with zero attached hydrogens (tertiary/aromatic N) is 2. The Morgan fingerprint density at radius 2 is 1.95 bits per heavy atom. The van der Waals surface area contributed by atoms with E-state index in [4.69, 9.17) is 0 Å². The summed E-state index contributed by atoms with van der Waals surface area (Å²) in [5.41, 5.74) is 0. The van der Waals surface area contributed by atoms with Crippen molar-refractivity contribution in [1.82, 2.24) is 15.1 Å². The van der Waals surface area contributed by atoms with Crippen molar-refractivity contribution in [2.75, 3.05) is 19.8 Å². The van der Waals surface area contributed by atoms with E-state index in [1.54, 1.807) is 21.0 Å². The number of carboxylic acids is 1. The Bertz CT molecular complexity index is 453. The molecule has 118 valence electrons. The first-order valence-electron chi connectivity index (χ1n) is 6.97. The van der Waals surface area contributed by atoms with Gasteiger partial charge < -0.3 is 15.3 Å². The molecule has 7 nitrogen and oxygen atoms in total. The molecule has 3 atom stereocenters. The maximum Gasteiger partial charge on any atom is 0.327 e. The van der Waals surface area contributed by atoms with Crippen LogP contribution in [0.5, 0.6) is 0 Å². The van der Waals surface area contributed by atoms with Gasteiger partial charge in [-0.3, -0.25) is 9.69 Å². The zero-order valence-corrected chi connectivity index (χ0v) is 13.2. The number of nitrogens with one attached hydrogen (secondary N) is 1. The van der Waals surface area contributed by atoms with Gasteiger partial charge in [0.1, 0.15) is 12.1 Å². The quantitative estimate of drug-likeness (QED) is 0.784. The van der Waals surface area contributed by atoms with Crippen molar-refractivity contribution < 1.29 is 19.5 Å². The summed E-state index contributed by atoms with van der Waals surface area (Å²) in [5, 5.41) is 11.8. The minimum atomic E-state index is -0.993. The highest BCUT2D eigenvalue weighted by atomic mass is 32.2. The van der Waals surface area contributed by atoms with Crippen molar-refractivity contribution in [2.45, 2.75) is 37.2 Å². The maximum atomic E-state index is 12.4. The molecular formula is C13H21N3O4S. The molecule has 0 aromatic heterocycles. The summed E-state index contributed by atoms with van der Waals surface area (Å²) < 4.78 is 0. The second-order valence-corrected chi connectivity index (χ2v) is 6.88. The first kappa shape index (κ1) is 15.9.